The summed E-state index contributed by atoms with van der Waals surface area (Å²) in [7, 11) is 6.36. The number of rotatable bonds is 8. The summed E-state index contributed by atoms with van der Waals surface area (Å²) in [5.41, 5.74) is 0. The summed E-state index contributed by atoms with van der Waals surface area (Å²) in [4.78, 5) is 5.32. The molecule has 0 atom stereocenters. The summed E-state index contributed by atoms with van der Waals surface area (Å²) in [6.07, 6.45) is 2.27. The Morgan fingerprint density at radius 2 is 1.50 bits per heavy atom. The van der Waals surface area contributed by atoms with Crippen molar-refractivity contribution < 1.29 is 0 Å². The Morgan fingerprint density at radius 3 is 1.94 bits per heavy atom. The van der Waals surface area contributed by atoms with Crippen LogP contribution in [-0.2, 0) is 0 Å². The van der Waals surface area contributed by atoms with Crippen LogP contribution in [0.5, 0.6) is 0 Å². The number of thiocarbonyl (C=S) groups is 1. The molecule has 0 fully saturated rings. The summed E-state index contributed by atoms with van der Waals surface area (Å²) in [6.45, 7) is 6.05. The van der Waals surface area contributed by atoms with Gasteiger partial charge in [-0.3, -0.25) is 0 Å². The third-order valence-corrected chi connectivity index (χ3v) is 2.72. The Morgan fingerprint density at radius 1 is 1.00 bits per heavy atom. The van der Waals surface area contributed by atoms with Gasteiger partial charge in [-0.15, -0.1) is 0 Å². The number of hydrogen-bond acceptors (Lipinski definition) is 4. The fourth-order valence-corrected chi connectivity index (χ4v) is 1.53. The molecule has 16 heavy (non-hydrogen) atoms. The zero-order valence-electron chi connectivity index (χ0n) is 11.1. The van der Waals surface area contributed by atoms with Crippen molar-refractivity contribution in [3.05, 3.63) is 0 Å². The van der Waals surface area contributed by atoms with E-state index in [-0.39, 0.29) is 0 Å². The minimum Gasteiger partial charge on any atom is -0.309 e. The highest BCUT2D eigenvalue weighted by Gasteiger charge is 2.02. The highest BCUT2D eigenvalue weighted by molar-refractivity contribution is 7.80. The molecule has 0 aliphatic heterocycles. The van der Waals surface area contributed by atoms with Gasteiger partial charge in [0, 0.05) is 6.54 Å². The monoisotopic (exact) mass is 246 g/mol. The highest BCUT2D eigenvalue weighted by atomic mass is 32.1. The zero-order valence-corrected chi connectivity index (χ0v) is 11.9. The average molecular weight is 246 g/mol. The first-order valence-electron chi connectivity index (χ1n) is 5.79. The molecule has 0 radical (unpaired) electrons. The molecule has 0 heterocycles. The van der Waals surface area contributed by atoms with Crippen LogP contribution in [0.1, 0.15) is 19.8 Å². The minimum atomic E-state index is 0.760. The quantitative estimate of drug-likeness (QED) is 0.389. The van der Waals surface area contributed by atoms with Crippen LogP contribution in [0.25, 0.3) is 0 Å². The first-order chi connectivity index (χ1) is 7.43. The van der Waals surface area contributed by atoms with Gasteiger partial charge < -0.3 is 14.8 Å². The van der Waals surface area contributed by atoms with Gasteiger partial charge in [0.15, 0.2) is 0 Å². The van der Waals surface area contributed by atoms with Crippen LogP contribution in [0.2, 0.25) is 0 Å². The molecule has 0 saturated heterocycles. The second-order valence-electron chi connectivity index (χ2n) is 4.53. The van der Waals surface area contributed by atoms with E-state index >= 15 is 0 Å². The Balaban J connectivity index is 3.43. The van der Waals surface area contributed by atoms with E-state index in [1.807, 2.05) is 6.92 Å². The predicted octanol–water partition coefficient (Wildman–Crippen LogP) is 0.783. The normalized spacial score (nSPS) is 11.2. The van der Waals surface area contributed by atoms with E-state index in [2.05, 4.69) is 30.9 Å². The maximum atomic E-state index is 5.71. The lowest BCUT2D eigenvalue weighted by Gasteiger charge is -2.21. The van der Waals surface area contributed by atoms with Gasteiger partial charge in [0.25, 0.3) is 0 Å². The van der Waals surface area contributed by atoms with Crippen molar-refractivity contribution in [2.45, 2.75) is 19.8 Å². The Hall–Kier alpha value is -0.230. The topological polar surface area (TPSA) is 35.7 Å². The highest BCUT2D eigenvalue weighted by Crippen LogP contribution is 1.93. The van der Waals surface area contributed by atoms with Crippen molar-refractivity contribution in [3.63, 3.8) is 0 Å². The molecule has 0 aromatic heterocycles. The van der Waals surface area contributed by atoms with Crippen LogP contribution in [0.15, 0.2) is 0 Å². The molecule has 0 aliphatic carbocycles. The van der Waals surface area contributed by atoms with Crippen LogP contribution < -0.4 is 5.84 Å². The predicted molar refractivity (Wildman–Crippen MR) is 74.5 cm³/mol. The van der Waals surface area contributed by atoms with Crippen LogP contribution in [0.4, 0.5) is 0 Å². The standard InChI is InChI=1S/C11H26N4S/c1-11(16)15(12)10-6-9-14(4)8-5-7-13(2)3/h5-10,12H2,1-4H3. The Bertz CT molecular complexity index is 196. The molecular formula is C11H26N4S. The SMILES string of the molecule is CC(=S)N(N)CCCN(C)CCCN(C)C. The number of nitrogens with two attached hydrogens (primary N) is 1. The molecular weight excluding hydrogens is 220 g/mol. The van der Waals surface area contributed by atoms with E-state index in [9.17, 15) is 0 Å². The molecule has 4 nitrogen and oxygen atoms in total. The van der Waals surface area contributed by atoms with Crippen LogP contribution in [0.3, 0.4) is 0 Å². The number of hydrogen-bond donors (Lipinski definition) is 1. The lowest BCUT2D eigenvalue weighted by Crippen LogP contribution is -2.36. The summed E-state index contributed by atoms with van der Waals surface area (Å²) < 4.78 is 0. The van der Waals surface area contributed by atoms with Crippen LogP contribution >= 0.6 is 12.2 Å². The van der Waals surface area contributed by atoms with Crippen molar-refractivity contribution in [2.75, 3.05) is 47.3 Å². The van der Waals surface area contributed by atoms with Gasteiger partial charge in [0.1, 0.15) is 0 Å². The number of hydrazine groups is 1. The van der Waals surface area contributed by atoms with Crippen molar-refractivity contribution in [1.29, 1.82) is 0 Å². The molecule has 0 aromatic rings. The minimum absolute atomic E-state index is 0.760. The molecule has 5 heteroatoms. The molecule has 0 amide bonds. The van der Waals surface area contributed by atoms with E-state index in [4.69, 9.17) is 18.1 Å². The second kappa shape index (κ2) is 8.87. The van der Waals surface area contributed by atoms with Gasteiger partial charge in [-0.2, -0.15) is 0 Å². The Kier molecular flexibility index (Phi) is 8.74. The molecule has 96 valence electrons. The van der Waals surface area contributed by atoms with E-state index in [0.717, 1.165) is 37.6 Å². The summed E-state index contributed by atoms with van der Waals surface area (Å²) in [5, 5.41) is 1.64. The van der Waals surface area contributed by atoms with Gasteiger partial charge in [0.2, 0.25) is 0 Å². The fraction of sp³-hybridized carbons (Fsp3) is 0.909. The van der Waals surface area contributed by atoms with Crippen LogP contribution in [0, 0.1) is 0 Å². The van der Waals surface area contributed by atoms with Gasteiger partial charge >= 0.3 is 0 Å². The summed E-state index contributed by atoms with van der Waals surface area (Å²) in [6, 6.07) is 0. The van der Waals surface area contributed by atoms with Gasteiger partial charge in [-0.1, -0.05) is 12.2 Å². The lowest BCUT2D eigenvalue weighted by atomic mass is 10.3. The molecule has 0 aliphatic rings. The van der Waals surface area contributed by atoms with Crippen LogP contribution in [-0.4, -0.2) is 67.1 Å². The molecule has 0 bridgehead atoms. The van der Waals surface area contributed by atoms with E-state index < -0.39 is 0 Å². The molecule has 0 rings (SSSR count). The van der Waals surface area contributed by atoms with E-state index in [1.165, 1.54) is 6.42 Å². The first kappa shape index (κ1) is 15.8. The zero-order chi connectivity index (χ0) is 12.6. The van der Waals surface area contributed by atoms with Crippen molar-refractivity contribution in [3.8, 4) is 0 Å². The molecule has 0 saturated carbocycles. The van der Waals surface area contributed by atoms with Crippen molar-refractivity contribution in [2.24, 2.45) is 5.84 Å². The summed E-state index contributed by atoms with van der Waals surface area (Å²) in [5.74, 6) is 5.71. The molecule has 0 spiro atoms. The average Bonchev–Trinajstić information content (AvgIpc) is 2.16. The maximum Gasteiger partial charge on any atom is 0.0887 e. The smallest absolute Gasteiger partial charge is 0.0887 e. The van der Waals surface area contributed by atoms with Gasteiger partial charge in [-0.05, 0) is 60.5 Å². The largest absolute Gasteiger partial charge is 0.309 e. The van der Waals surface area contributed by atoms with Gasteiger partial charge in [-0.25, -0.2) is 5.84 Å². The molecule has 0 aromatic carbocycles. The Labute approximate surface area is 105 Å². The number of nitrogens with zero attached hydrogens (tertiary/aromatic N) is 3. The first-order valence-corrected chi connectivity index (χ1v) is 6.20. The second-order valence-corrected chi connectivity index (χ2v) is 5.12. The van der Waals surface area contributed by atoms with Gasteiger partial charge in [0.05, 0.1) is 4.99 Å². The third-order valence-electron chi connectivity index (χ3n) is 2.49. The molecule has 0 unspecified atom stereocenters. The van der Waals surface area contributed by atoms with E-state index in [1.54, 1.807) is 5.01 Å². The van der Waals surface area contributed by atoms with Crippen molar-refractivity contribution in [1.82, 2.24) is 14.8 Å². The third kappa shape index (κ3) is 9.03. The van der Waals surface area contributed by atoms with Crippen molar-refractivity contribution >= 4 is 17.2 Å². The summed E-state index contributed by atoms with van der Waals surface area (Å²) >= 11 is 4.98. The van der Waals surface area contributed by atoms with E-state index in [0.29, 0.717) is 0 Å². The molecule has 2 N–H and O–H groups in total. The fourth-order valence-electron chi connectivity index (χ4n) is 1.44. The maximum absolute atomic E-state index is 5.71. The lowest BCUT2D eigenvalue weighted by molar-refractivity contribution is 0.285.